The number of amides is 5. The monoisotopic (exact) mass is 753 g/mol. The minimum atomic E-state index is -1.42. The molecule has 14 nitrogen and oxygen atoms in total. The Labute approximate surface area is 318 Å². The van der Waals surface area contributed by atoms with Crippen molar-refractivity contribution in [2.75, 3.05) is 0 Å². The Balaban J connectivity index is 2.17. The number of benzene rings is 2. The number of carboxylic acids is 1. The second kappa shape index (κ2) is 22.4. The van der Waals surface area contributed by atoms with Crippen molar-refractivity contribution >= 4 is 35.5 Å². The Morgan fingerprint density at radius 2 is 0.926 bits per heavy atom. The van der Waals surface area contributed by atoms with E-state index in [2.05, 4.69) is 26.6 Å². The quantitative estimate of drug-likeness (QED) is 0.0878. The lowest BCUT2D eigenvalue weighted by atomic mass is 9.96. The summed E-state index contributed by atoms with van der Waals surface area (Å²) < 4.78 is 0. The molecule has 0 aliphatic carbocycles. The van der Waals surface area contributed by atoms with E-state index in [0.717, 1.165) is 11.1 Å². The molecular weight excluding hydrogens is 694 g/mol. The summed E-state index contributed by atoms with van der Waals surface area (Å²) in [6, 6.07) is 12.9. The van der Waals surface area contributed by atoms with Crippen LogP contribution in [0, 0.1) is 17.8 Å². The molecule has 2 rings (SSSR count). The molecule has 298 valence electrons. The fourth-order valence-electron chi connectivity index (χ4n) is 5.82. The molecule has 0 heterocycles. The Morgan fingerprint density at radius 1 is 0.519 bits per heavy atom. The van der Waals surface area contributed by atoms with Crippen LogP contribution < -0.4 is 26.6 Å². The van der Waals surface area contributed by atoms with E-state index in [1.54, 1.807) is 82.3 Å². The maximum Gasteiger partial charge on any atom is 0.306 e. The van der Waals surface area contributed by atoms with Gasteiger partial charge in [-0.3, -0.25) is 28.8 Å². The van der Waals surface area contributed by atoms with Crippen molar-refractivity contribution in [1.82, 2.24) is 26.6 Å². The molecule has 5 amide bonds. The lowest BCUT2D eigenvalue weighted by molar-refractivity contribution is -0.140. The van der Waals surface area contributed by atoms with Crippen molar-refractivity contribution in [3.63, 3.8) is 0 Å². The first-order chi connectivity index (χ1) is 25.4. The van der Waals surface area contributed by atoms with Gasteiger partial charge in [-0.25, -0.2) is 0 Å². The third kappa shape index (κ3) is 16.0. The number of carboxylic acid groups (broad SMARTS) is 1. The fraction of sp³-hybridized carbons (Fsp3) is 0.550. The number of carbonyl (C=O) groups is 6. The first-order valence-electron chi connectivity index (χ1n) is 18.5. The van der Waals surface area contributed by atoms with Gasteiger partial charge in [-0.2, -0.15) is 0 Å². The van der Waals surface area contributed by atoms with Gasteiger partial charge in [0.1, 0.15) is 18.1 Å². The number of aliphatic carboxylic acids is 1. The third-order valence-corrected chi connectivity index (χ3v) is 8.84. The van der Waals surface area contributed by atoms with Gasteiger partial charge in [-0.05, 0) is 48.6 Å². The van der Waals surface area contributed by atoms with Gasteiger partial charge in [0.25, 0.3) is 0 Å². The molecule has 2 aromatic carbocycles. The van der Waals surface area contributed by atoms with Gasteiger partial charge in [0, 0.05) is 6.42 Å². The van der Waals surface area contributed by atoms with E-state index < -0.39 is 84.9 Å². The maximum absolute atomic E-state index is 13.8. The first kappa shape index (κ1) is 45.3. The summed E-state index contributed by atoms with van der Waals surface area (Å²) in [5, 5.41) is 44.7. The third-order valence-electron chi connectivity index (χ3n) is 8.84. The molecule has 0 saturated heterocycles. The van der Waals surface area contributed by atoms with Crippen molar-refractivity contribution in [1.29, 1.82) is 0 Å². The number of hydrogen-bond acceptors (Lipinski definition) is 8. The average molecular weight is 754 g/mol. The van der Waals surface area contributed by atoms with Gasteiger partial charge in [0.15, 0.2) is 0 Å². The second-order valence-corrected chi connectivity index (χ2v) is 15.0. The van der Waals surface area contributed by atoms with Crippen LogP contribution in [0.1, 0.15) is 78.9 Å². The molecule has 0 saturated carbocycles. The first-order valence-corrected chi connectivity index (χ1v) is 18.5. The van der Waals surface area contributed by atoms with Crippen LogP contribution in [0.25, 0.3) is 0 Å². The summed E-state index contributed by atoms with van der Waals surface area (Å²) in [5.74, 6) is -4.56. The van der Waals surface area contributed by atoms with E-state index in [-0.39, 0.29) is 42.9 Å². The molecule has 7 atom stereocenters. The Kier molecular flexibility index (Phi) is 18.8. The van der Waals surface area contributed by atoms with Crippen LogP contribution in [0.3, 0.4) is 0 Å². The smallest absolute Gasteiger partial charge is 0.306 e. The van der Waals surface area contributed by atoms with Crippen LogP contribution in [-0.4, -0.2) is 93.2 Å². The lowest BCUT2D eigenvalue weighted by Crippen LogP contribution is -2.59. The van der Waals surface area contributed by atoms with Gasteiger partial charge in [-0.15, -0.1) is 0 Å². The largest absolute Gasteiger partial charge is 0.481 e. The standard InChI is InChI=1S/C40H59N5O9/c1-23(2)18-33(48)44-36(24(3)4)40(54)45-37(25(5)6)39(53)43-29(19-27-14-10-8-11-15-27)31(46)21-34(49)41-26(7)38(52)42-30(32(47)22-35(50)51)20-28-16-12-9-13-17-28/h8-17,23-26,29-32,36-37,46-47H,18-22H2,1-7H3,(H,41,49)(H,42,52)(H,43,53)(H,44,48)(H,45,54)(H,50,51). The Morgan fingerprint density at radius 3 is 1.37 bits per heavy atom. The highest BCUT2D eigenvalue weighted by molar-refractivity contribution is 5.92. The van der Waals surface area contributed by atoms with Gasteiger partial charge in [0.2, 0.25) is 29.5 Å². The molecule has 2 aromatic rings. The zero-order chi connectivity index (χ0) is 40.5. The molecule has 54 heavy (non-hydrogen) atoms. The van der Waals surface area contributed by atoms with Crippen molar-refractivity contribution < 1.29 is 44.1 Å². The van der Waals surface area contributed by atoms with Crippen LogP contribution >= 0.6 is 0 Å². The van der Waals surface area contributed by atoms with Crippen LogP contribution in [0.2, 0.25) is 0 Å². The van der Waals surface area contributed by atoms with E-state index in [0.29, 0.717) is 0 Å². The molecular formula is C40H59N5O9. The van der Waals surface area contributed by atoms with Gasteiger partial charge >= 0.3 is 5.97 Å². The molecule has 0 bridgehead atoms. The summed E-state index contributed by atoms with van der Waals surface area (Å²) in [4.78, 5) is 77.3. The predicted octanol–water partition coefficient (Wildman–Crippen LogP) is 1.86. The Bertz CT molecular complexity index is 1520. The minimum Gasteiger partial charge on any atom is -0.481 e. The number of hydrogen-bond donors (Lipinski definition) is 8. The number of carbonyl (C=O) groups excluding carboxylic acids is 5. The lowest BCUT2D eigenvalue weighted by Gasteiger charge is -2.30. The predicted molar refractivity (Wildman–Crippen MR) is 204 cm³/mol. The summed E-state index contributed by atoms with van der Waals surface area (Å²) in [5.41, 5.74) is 1.52. The number of aliphatic hydroxyl groups excluding tert-OH is 2. The topological polar surface area (TPSA) is 223 Å². The molecule has 7 unspecified atom stereocenters. The number of nitrogens with one attached hydrogen (secondary N) is 5. The molecule has 0 spiro atoms. The van der Waals surface area contributed by atoms with Crippen LogP contribution in [0.5, 0.6) is 0 Å². The van der Waals surface area contributed by atoms with E-state index in [4.69, 9.17) is 0 Å². The minimum absolute atomic E-state index is 0.0900. The fourth-order valence-corrected chi connectivity index (χ4v) is 5.82. The molecule has 0 aliphatic rings. The van der Waals surface area contributed by atoms with Gasteiger partial charge in [0.05, 0.1) is 37.1 Å². The highest BCUT2D eigenvalue weighted by Crippen LogP contribution is 2.14. The van der Waals surface area contributed by atoms with E-state index in [1.807, 2.05) is 19.9 Å². The summed E-state index contributed by atoms with van der Waals surface area (Å²) in [6.07, 6.45) is -3.41. The molecule has 0 aromatic heterocycles. The summed E-state index contributed by atoms with van der Waals surface area (Å²) in [7, 11) is 0. The molecule has 8 N–H and O–H groups in total. The van der Waals surface area contributed by atoms with Crippen molar-refractivity contribution in [3.8, 4) is 0 Å². The normalized spacial score (nSPS) is 15.3. The van der Waals surface area contributed by atoms with Crippen LogP contribution in [-0.2, 0) is 41.6 Å². The average Bonchev–Trinajstić information content (AvgIpc) is 3.08. The zero-order valence-corrected chi connectivity index (χ0v) is 32.4. The highest BCUT2D eigenvalue weighted by Gasteiger charge is 2.34. The Hall–Kier alpha value is -4.82. The highest BCUT2D eigenvalue weighted by atomic mass is 16.4. The van der Waals surface area contributed by atoms with E-state index in [9.17, 15) is 44.1 Å². The van der Waals surface area contributed by atoms with Gasteiger partial charge < -0.3 is 41.9 Å². The maximum atomic E-state index is 13.8. The molecule has 14 heteroatoms. The van der Waals surface area contributed by atoms with Crippen molar-refractivity contribution in [2.45, 2.75) is 123 Å². The molecule has 0 fully saturated rings. The molecule has 0 radical (unpaired) electrons. The molecule has 0 aliphatic heterocycles. The van der Waals surface area contributed by atoms with Crippen molar-refractivity contribution in [3.05, 3.63) is 71.8 Å². The number of rotatable bonds is 22. The SMILES string of the molecule is CC(C)CC(=O)NC(C(=O)NC(C(=O)NC(Cc1ccccc1)C(O)CC(=O)NC(C)C(=O)NC(Cc1ccccc1)C(O)CC(=O)O)C(C)C)C(C)C. The van der Waals surface area contributed by atoms with Crippen molar-refractivity contribution in [2.24, 2.45) is 17.8 Å². The van der Waals surface area contributed by atoms with E-state index in [1.165, 1.54) is 6.92 Å². The number of aliphatic hydroxyl groups is 2. The zero-order valence-electron chi connectivity index (χ0n) is 32.4. The van der Waals surface area contributed by atoms with Crippen LogP contribution in [0.15, 0.2) is 60.7 Å². The van der Waals surface area contributed by atoms with E-state index >= 15 is 0 Å². The summed E-state index contributed by atoms with van der Waals surface area (Å²) >= 11 is 0. The second-order valence-electron chi connectivity index (χ2n) is 15.0. The van der Waals surface area contributed by atoms with Gasteiger partial charge in [-0.1, -0.05) is 102 Å². The summed E-state index contributed by atoms with van der Waals surface area (Å²) in [6.45, 7) is 12.3. The van der Waals surface area contributed by atoms with Crippen LogP contribution in [0.4, 0.5) is 0 Å².